The van der Waals surface area contributed by atoms with Gasteiger partial charge in [-0.2, -0.15) is 0 Å². The van der Waals surface area contributed by atoms with E-state index >= 15 is 0 Å². The fraction of sp³-hybridized carbons (Fsp3) is 0.381. The quantitative estimate of drug-likeness (QED) is 0.656. The van der Waals surface area contributed by atoms with Gasteiger partial charge in [0.05, 0.1) is 18.7 Å². The van der Waals surface area contributed by atoms with E-state index in [4.69, 9.17) is 21.1 Å². The maximum atomic E-state index is 12.1. The van der Waals surface area contributed by atoms with Gasteiger partial charge in [0.15, 0.2) is 11.5 Å². The Bertz CT molecular complexity index is 850. The van der Waals surface area contributed by atoms with E-state index in [9.17, 15) is 4.79 Å². The molecule has 3 rings (SSSR count). The number of nitrogens with zero attached hydrogens (tertiary/aromatic N) is 1. The van der Waals surface area contributed by atoms with Crippen LogP contribution in [0, 0.1) is 0 Å². The molecule has 0 saturated carbocycles. The highest BCUT2D eigenvalue weighted by atomic mass is 35.5. The van der Waals surface area contributed by atoms with Gasteiger partial charge in [-0.05, 0) is 54.1 Å². The Morgan fingerprint density at radius 1 is 1.43 bits per heavy atom. The van der Waals surface area contributed by atoms with Crippen molar-refractivity contribution in [2.45, 2.75) is 19.9 Å². The van der Waals surface area contributed by atoms with E-state index in [1.54, 1.807) is 19.3 Å². The van der Waals surface area contributed by atoms with Gasteiger partial charge < -0.3 is 14.8 Å². The minimum Gasteiger partial charge on any atom is -0.491 e. The summed E-state index contributed by atoms with van der Waals surface area (Å²) in [6.07, 6.45) is 4.34. The van der Waals surface area contributed by atoms with Crippen molar-refractivity contribution in [2.24, 2.45) is 0 Å². The van der Waals surface area contributed by atoms with Crippen molar-refractivity contribution in [1.82, 2.24) is 10.2 Å². The molecule has 1 aliphatic rings. The van der Waals surface area contributed by atoms with E-state index in [0.29, 0.717) is 29.7 Å². The molecule has 0 bridgehead atoms. The Labute approximate surface area is 174 Å². The number of benzene rings is 1. The zero-order chi connectivity index (χ0) is 19.9. The Kier molecular flexibility index (Phi) is 7.36. The van der Waals surface area contributed by atoms with Crippen molar-refractivity contribution in [3.8, 4) is 11.5 Å². The van der Waals surface area contributed by atoms with E-state index in [1.807, 2.05) is 24.3 Å². The lowest BCUT2D eigenvalue weighted by Gasteiger charge is -2.26. The molecule has 0 saturated heterocycles. The third-order valence-electron chi connectivity index (χ3n) is 4.58. The second-order valence-electron chi connectivity index (χ2n) is 6.49. The number of fused-ring (bicyclic) bond motifs is 1. The number of ether oxygens (including phenoxy) is 2. The number of amides is 1. The van der Waals surface area contributed by atoms with Crippen LogP contribution in [-0.4, -0.2) is 44.2 Å². The molecule has 7 heteroatoms. The van der Waals surface area contributed by atoms with Crippen molar-refractivity contribution in [2.75, 3.05) is 33.4 Å². The number of rotatable bonds is 8. The molecule has 0 spiro atoms. The summed E-state index contributed by atoms with van der Waals surface area (Å²) in [4.78, 5) is 16.0. The lowest BCUT2D eigenvalue weighted by atomic mass is 10.1. The standard InChI is InChI=1S/C21H25ClN2O3S/c1-3-27-18-13-15(12-17(22)21(18)26-2)4-5-20(25)23-8-10-24-9-6-19-16(14-24)7-11-28-19/h4-5,7,11-13H,3,6,8-10,14H2,1-2H3,(H,23,25)/b5-4+. The highest BCUT2D eigenvalue weighted by Crippen LogP contribution is 2.36. The SMILES string of the molecule is CCOc1cc(/C=C/C(=O)NCCN2CCc3sccc3C2)cc(Cl)c1OC. The van der Waals surface area contributed by atoms with Crippen molar-refractivity contribution < 1.29 is 14.3 Å². The zero-order valence-corrected chi connectivity index (χ0v) is 17.7. The summed E-state index contributed by atoms with van der Waals surface area (Å²) in [6.45, 7) is 5.88. The third kappa shape index (κ3) is 5.28. The van der Waals surface area contributed by atoms with Gasteiger partial charge in [-0.3, -0.25) is 9.69 Å². The molecule has 1 aliphatic heterocycles. The molecule has 28 heavy (non-hydrogen) atoms. The molecule has 1 aromatic carbocycles. The normalized spacial score (nSPS) is 14.1. The van der Waals surface area contributed by atoms with Gasteiger partial charge in [0.25, 0.3) is 0 Å². The molecule has 2 heterocycles. The molecular weight excluding hydrogens is 396 g/mol. The maximum Gasteiger partial charge on any atom is 0.244 e. The monoisotopic (exact) mass is 420 g/mol. The van der Waals surface area contributed by atoms with E-state index in [2.05, 4.69) is 21.7 Å². The van der Waals surface area contributed by atoms with Crippen LogP contribution in [0.4, 0.5) is 0 Å². The van der Waals surface area contributed by atoms with Crippen LogP contribution >= 0.6 is 22.9 Å². The van der Waals surface area contributed by atoms with Crippen molar-refractivity contribution in [3.63, 3.8) is 0 Å². The van der Waals surface area contributed by atoms with Gasteiger partial charge >= 0.3 is 0 Å². The number of thiophene rings is 1. The summed E-state index contributed by atoms with van der Waals surface area (Å²) in [5, 5.41) is 5.55. The minimum absolute atomic E-state index is 0.127. The van der Waals surface area contributed by atoms with Crippen molar-refractivity contribution in [1.29, 1.82) is 0 Å². The number of carbonyl (C=O) groups excluding carboxylic acids is 1. The number of carbonyl (C=O) groups is 1. The predicted molar refractivity (Wildman–Crippen MR) is 115 cm³/mol. The summed E-state index contributed by atoms with van der Waals surface area (Å²) >= 11 is 8.07. The number of methoxy groups -OCH3 is 1. The van der Waals surface area contributed by atoms with Gasteiger partial charge in [0, 0.05) is 37.1 Å². The molecule has 0 aliphatic carbocycles. The summed E-state index contributed by atoms with van der Waals surface area (Å²) in [5.74, 6) is 0.939. The first-order chi connectivity index (χ1) is 13.6. The molecule has 5 nitrogen and oxygen atoms in total. The second-order valence-corrected chi connectivity index (χ2v) is 7.89. The summed E-state index contributed by atoms with van der Waals surface area (Å²) < 4.78 is 10.8. The number of halogens is 1. The van der Waals surface area contributed by atoms with Gasteiger partial charge in [0.1, 0.15) is 0 Å². The molecule has 0 unspecified atom stereocenters. The Morgan fingerprint density at radius 3 is 3.07 bits per heavy atom. The number of hydrogen-bond donors (Lipinski definition) is 1. The van der Waals surface area contributed by atoms with Crippen LogP contribution in [0.2, 0.25) is 5.02 Å². The smallest absolute Gasteiger partial charge is 0.244 e. The van der Waals surface area contributed by atoms with Gasteiger partial charge in [-0.25, -0.2) is 0 Å². The first-order valence-electron chi connectivity index (χ1n) is 9.34. The number of nitrogens with one attached hydrogen (secondary N) is 1. The zero-order valence-electron chi connectivity index (χ0n) is 16.2. The van der Waals surface area contributed by atoms with Crippen molar-refractivity contribution in [3.05, 3.63) is 50.7 Å². The van der Waals surface area contributed by atoms with E-state index in [1.165, 1.54) is 16.5 Å². The molecule has 0 fully saturated rings. The summed E-state index contributed by atoms with van der Waals surface area (Å²) in [6, 6.07) is 5.76. The topological polar surface area (TPSA) is 50.8 Å². The van der Waals surface area contributed by atoms with E-state index in [0.717, 1.165) is 31.6 Å². The summed E-state index contributed by atoms with van der Waals surface area (Å²) in [5.41, 5.74) is 2.20. The third-order valence-corrected chi connectivity index (χ3v) is 5.88. The van der Waals surface area contributed by atoms with E-state index < -0.39 is 0 Å². The van der Waals surface area contributed by atoms with Gasteiger partial charge in [-0.15, -0.1) is 11.3 Å². The average Bonchev–Trinajstić information content (AvgIpc) is 3.14. The molecular formula is C21H25ClN2O3S. The number of hydrogen-bond acceptors (Lipinski definition) is 5. The Morgan fingerprint density at radius 2 is 2.29 bits per heavy atom. The molecule has 0 atom stereocenters. The Hall–Kier alpha value is -2.02. The highest BCUT2D eigenvalue weighted by molar-refractivity contribution is 7.10. The molecule has 1 aromatic heterocycles. The van der Waals surface area contributed by atoms with Gasteiger partial charge in [-0.1, -0.05) is 11.6 Å². The van der Waals surface area contributed by atoms with Crippen molar-refractivity contribution >= 4 is 34.9 Å². The van der Waals surface area contributed by atoms with Crippen LogP contribution in [0.15, 0.2) is 29.7 Å². The van der Waals surface area contributed by atoms with Gasteiger partial charge in [0.2, 0.25) is 5.91 Å². The minimum atomic E-state index is -0.127. The molecule has 1 amide bonds. The Balaban J connectivity index is 1.50. The molecule has 0 radical (unpaired) electrons. The predicted octanol–water partition coefficient (Wildman–Crippen LogP) is 4.00. The fourth-order valence-corrected chi connectivity index (χ4v) is 4.40. The van der Waals surface area contributed by atoms with Crippen LogP contribution in [0.25, 0.3) is 6.08 Å². The van der Waals surface area contributed by atoms with Crippen LogP contribution in [0.5, 0.6) is 11.5 Å². The average molecular weight is 421 g/mol. The second kappa shape index (κ2) is 9.96. The highest BCUT2D eigenvalue weighted by Gasteiger charge is 2.16. The van der Waals surface area contributed by atoms with E-state index in [-0.39, 0.29) is 5.91 Å². The van der Waals surface area contributed by atoms with Crippen LogP contribution in [0.3, 0.4) is 0 Å². The lowest BCUT2D eigenvalue weighted by Crippen LogP contribution is -2.37. The summed E-state index contributed by atoms with van der Waals surface area (Å²) in [7, 11) is 1.55. The molecule has 1 N–H and O–H groups in total. The molecule has 150 valence electrons. The fourth-order valence-electron chi connectivity index (χ4n) is 3.21. The first kappa shape index (κ1) is 20.7. The lowest BCUT2D eigenvalue weighted by molar-refractivity contribution is -0.116. The van der Waals surface area contributed by atoms with Crippen LogP contribution in [0.1, 0.15) is 22.9 Å². The largest absolute Gasteiger partial charge is 0.491 e. The molecule has 2 aromatic rings. The van der Waals surface area contributed by atoms with Crippen LogP contribution < -0.4 is 14.8 Å². The first-order valence-corrected chi connectivity index (χ1v) is 10.6. The maximum absolute atomic E-state index is 12.1. The van der Waals surface area contributed by atoms with Crippen LogP contribution in [-0.2, 0) is 17.8 Å².